The van der Waals surface area contributed by atoms with Crippen molar-refractivity contribution in [1.82, 2.24) is 0 Å². The molecule has 0 saturated carbocycles. The van der Waals surface area contributed by atoms with Crippen LogP contribution < -0.4 is 5.73 Å². The van der Waals surface area contributed by atoms with E-state index in [0.717, 1.165) is 12.4 Å². The normalized spacial score (nSPS) is 19.8. The van der Waals surface area contributed by atoms with Crippen LogP contribution in [0, 0.1) is 0 Å². The summed E-state index contributed by atoms with van der Waals surface area (Å²) >= 11 is 3.65. The molecule has 0 radical (unpaired) electrons. The molecule has 0 aromatic heterocycles. The third-order valence-electron chi connectivity index (χ3n) is 2.96. The number of thioether (sulfide) groups is 2. The summed E-state index contributed by atoms with van der Waals surface area (Å²) in [4.78, 5) is 2.61. The van der Waals surface area contributed by atoms with Gasteiger partial charge in [0.2, 0.25) is 0 Å². The predicted molar refractivity (Wildman–Crippen MR) is 75.8 cm³/mol. The Labute approximate surface area is 112 Å². The van der Waals surface area contributed by atoms with Crippen molar-refractivity contribution >= 4 is 23.5 Å². The number of ether oxygens (including phenoxy) is 1. The van der Waals surface area contributed by atoms with Gasteiger partial charge in [-0.05, 0) is 36.8 Å². The summed E-state index contributed by atoms with van der Waals surface area (Å²) in [6.07, 6.45) is 4.94. The monoisotopic (exact) mass is 269 g/mol. The van der Waals surface area contributed by atoms with Gasteiger partial charge in [-0.3, -0.25) is 0 Å². The van der Waals surface area contributed by atoms with E-state index in [4.69, 9.17) is 10.5 Å². The maximum Gasteiger partial charge on any atom is 0.0669 e. The highest BCUT2D eigenvalue weighted by molar-refractivity contribution is 7.99. The molecule has 1 fully saturated rings. The largest absolute Gasteiger partial charge is 0.377 e. The molecule has 0 bridgehead atoms. The van der Waals surface area contributed by atoms with Crippen LogP contribution >= 0.6 is 23.5 Å². The van der Waals surface area contributed by atoms with E-state index in [-0.39, 0.29) is 0 Å². The van der Waals surface area contributed by atoms with E-state index < -0.39 is 0 Å². The fourth-order valence-corrected chi connectivity index (χ4v) is 3.92. The van der Waals surface area contributed by atoms with Crippen LogP contribution in [0.25, 0.3) is 0 Å². The molecular formula is C13H19NOS2. The van der Waals surface area contributed by atoms with E-state index in [0.29, 0.717) is 12.6 Å². The van der Waals surface area contributed by atoms with Crippen molar-refractivity contribution < 1.29 is 4.74 Å². The zero-order chi connectivity index (χ0) is 12.1. The van der Waals surface area contributed by atoms with Gasteiger partial charge < -0.3 is 10.5 Å². The van der Waals surface area contributed by atoms with Crippen molar-refractivity contribution in [2.24, 2.45) is 5.73 Å². The number of hydrogen-bond acceptors (Lipinski definition) is 4. The average Bonchev–Trinajstić information content (AvgIpc) is 2.88. The van der Waals surface area contributed by atoms with Crippen molar-refractivity contribution in [3.8, 4) is 0 Å². The zero-order valence-corrected chi connectivity index (χ0v) is 11.8. The van der Waals surface area contributed by atoms with Crippen LogP contribution in [0.2, 0.25) is 0 Å². The van der Waals surface area contributed by atoms with Crippen LogP contribution in [0.4, 0.5) is 0 Å². The SMILES string of the molecule is CSc1cccc(SCC2CCCO2)c1CN. The summed E-state index contributed by atoms with van der Waals surface area (Å²) in [5.41, 5.74) is 7.13. The van der Waals surface area contributed by atoms with E-state index in [2.05, 4.69) is 24.5 Å². The van der Waals surface area contributed by atoms with E-state index in [1.165, 1.54) is 28.2 Å². The Bertz CT molecular complexity index is 364. The number of nitrogens with two attached hydrogens (primary N) is 1. The van der Waals surface area contributed by atoms with Gasteiger partial charge in [0.25, 0.3) is 0 Å². The average molecular weight is 269 g/mol. The highest BCUT2D eigenvalue weighted by Gasteiger charge is 2.16. The molecule has 2 rings (SSSR count). The number of benzene rings is 1. The third kappa shape index (κ3) is 3.41. The van der Waals surface area contributed by atoms with Gasteiger partial charge in [-0.2, -0.15) is 0 Å². The molecule has 2 N–H and O–H groups in total. The molecule has 1 heterocycles. The van der Waals surface area contributed by atoms with Crippen molar-refractivity contribution in [2.75, 3.05) is 18.6 Å². The summed E-state index contributed by atoms with van der Waals surface area (Å²) in [5.74, 6) is 1.05. The fourth-order valence-electron chi connectivity index (χ4n) is 2.03. The van der Waals surface area contributed by atoms with E-state index in [1.807, 2.05) is 11.8 Å². The van der Waals surface area contributed by atoms with Crippen LogP contribution in [0.3, 0.4) is 0 Å². The molecule has 4 heteroatoms. The molecule has 2 nitrogen and oxygen atoms in total. The zero-order valence-electron chi connectivity index (χ0n) is 10.1. The molecular weight excluding hydrogens is 250 g/mol. The molecule has 0 aliphatic carbocycles. The molecule has 1 aromatic rings. The van der Waals surface area contributed by atoms with Gasteiger partial charge in [-0.15, -0.1) is 23.5 Å². The van der Waals surface area contributed by atoms with Crippen LogP contribution in [0.15, 0.2) is 28.0 Å². The first-order valence-electron chi connectivity index (χ1n) is 5.95. The first kappa shape index (κ1) is 13.3. The Morgan fingerprint density at radius 2 is 2.24 bits per heavy atom. The second kappa shape index (κ2) is 6.69. The second-order valence-electron chi connectivity index (χ2n) is 4.09. The topological polar surface area (TPSA) is 35.2 Å². The van der Waals surface area contributed by atoms with Gasteiger partial charge in [-0.1, -0.05) is 6.07 Å². The smallest absolute Gasteiger partial charge is 0.0669 e. The second-order valence-corrected chi connectivity index (χ2v) is 6.00. The Morgan fingerprint density at radius 1 is 1.41 bits per heavy atom. The summed E-state index contributed by atoms with van der Waals surface area (Å²) in [6.45, 7) is 1.55. The minimum atomic E-state index is 0.434. The Hall–Kier alpha value is -0.160. The first-order valence-corrected chi connectivity index (χ1v) is 8.16. The highest BCUT2D eigenvalue weighted by atomic mass is 32.2. The van der Waals surface area contributed by atoms with E-state index in [1.54, 1.807) is 11.8 Å². The third-order valence-corrected chi connectivity index (χ3v) is 5.02. The van der Waals surface area contributed by atoms with Gasteiger partial charge in [-0.25, -0.2) is 0 Å². The highest BCUT2D eigenvalue weighted by Crippen LogP contribution is 2.31. The number of rotatable bonds is 5. The summed E-state index contributed by atoms with van der Waals surface area (Å²) < 4.78 is 5.65. The molecule has 1 aliphatic heterocycles. The van der Waals surface area contributed by atoms with Gasteiger partial charge in [0.05, 0.1) is 6.10 Å². The van der Waals surface area contributed by atoms with Gasteiger partial charge in [0, 0.05) is 28.7 Å². The lowest BCUT2D eigenvalue weighted by Crippen LogP contribution is -2.08. The minimum Gasteiger partial charge on any atom is -0.377 e. The van der Waals surface area contributed by atoms with Crippen LogP contribution in [0.1, 0.15) is 18.4 Å². The molecule has 94 valence electrons. The van der Waals surface area contributed by atoms with Crippen molar-refractivity contribution in [3.05, 3.63) is 23.8 Å². The minimum absolute atomic E-state index is 0.434. The molecule has 1 saturated heterocycles. The van der Waals surface area contributed by atoms with Crippen LogP contribution in [-0.4, -0.2) is 24.7 Å². The summed E-state index contributed by atoms with van der Waals surface area (Å²) in [6, 6.07) is 6.42. The predicted octanol–water partition coefficient (Wildman–Crippen LogP) is 3.14. The van der Waals surface area contributed by atoms with E-state index >= 15 is 0 Å². The van der Waals surface area contributed by atoms with Crippen LogP contribution in [-0.2, 0) is 11.3 Å². The molecule has 1 aromatic carbocycles. The standard InChI is InChI=1S/C13H19NOS2/c1-16-12-5-2-6-13(11(12)8-14)17-9-10-4-3-7-15-10/h2,5-6,10H,3-4,7-9,14H2,1H3. The van der Waals surface area contributed by atoms with Crippen molar-refractivity contribution in [1.29, 1.82) is 0 Å². The Balaban J connectivity index is 2.03. The van der Waals surface area contributed by atoms with Gasteiger partial charge in [0.1, 0.15) is 0 Å². The molecule has 1 unspecified atom stereocenters. The molecule has 0 amide bonds. The van der Waals surface area contributed by atoms with E-state index in [9.17, 15) is 0 Å². The fraction of sp³-hybridized carbons (Fsp3) is 0.538. The quantitative estimate of drug-likeness (QED) is 0.833. The Morgan fingerprint density at radius 3 is 2.88 bits per heavy atom. The molecule has 1 aliphatic rings. The van der Waals surface area contributed by atoms with Crippen LogP contribution in [0.5, 0.6) is 0 Å². The summed E-state index contributed by atoms with van der Waals surface area (Å²) in [7, 11) is 0. The maximum atomic E-state index is 5.85. The summed E-state index contributed by atoms with van der Waals surface area (Å²) in [5, 5.41) is 0. The van der Waals surface area contributed by atoms with Gasteiger partial charge >= 0.3 is 0 Å². The van der Waals surface area contributed by atoms with Crippen molar-refractivity contribution in [2.45, 2.75) is 35.3 Å². The van der Waals surface area contributed by atoms with Gasteiger partial charge in [0.15, 0.2) is 0 Å². The maximum absolute atomic E-state index is 5.85. The van der Waals surface area contributed by atoms with Crippen molar-refractivity contribution in [3.63, 3.8) is 0 Å². The Kier molecular flexibility index (Phi) is 5.22. The first-order chi connectivity index (χ1) is 8.35. The lowest BCUT2D eigenvalue weighted by molar-refractivity contribution is 0.129. The molecule has 17 heavy (non-hydrogen) atoms. The lowest BCUT2D eigenvalue weighted by atomic mass is 10.2. The molecule has 1 atom stereocenters. The molecule has 0 spiro atoms. The lowest BCUT2D eigenvalue weighted by Gasteiger charge is -2.13. The number of hydrogen-bond donors (Lipinski definition) is 1.